The molecule has 0 aliphatic carbocycles. The van der Waals surface area contributed by atoms with Crippen molar-refractivity contribution in [2.24, 2.45) is 0 Å². The maximum absolute atomic E-state index is 13.2. The molecule has 0 aromatic carbocycles. The molecule has 0 amide bonds. The minimum atomic E-state index is -1.93. The van der Waals surface area contributed by atoms with E-state index in [2.05, 4.69) is 57.2 Å². The fourth-order valence-electron chi connectivity index (χ4n) is 9.39. The number of carbonyl (C=O) groups is 4. The van der Waals surface area contributed by atoms with Crippen molar-refractivity contribution in [3.63, 3.8) is 0 Å². The number of aliphatic carboxylic acids is 1. The minimum Gasteiger partial charge on any atom is -0.479 e. The SMILES string of the molecule is CC/C=C\C/C=C\C/C=C\C/C=C\C/C=C\CC(=O)OC1C(OCC(COC(=O)CCCCCCCCCCCCCCCCCCC)OC(=O)CCCCCCCCCCCCCCCCC)OC(C(=O)O)C(O)C1O. The summed E-state index contributed by atoms with van der Waals surface area (Å²) in [6.45, 7) is 5.87. The molecule has 0 saturated carbocycles. The van der Waals surface area contributed by atoms with Gasteiger partial charge < -0.3 is 39.0 Å². The van der Waals surface area contributed by atoms with Crippen LogP contribution in [-0.4, -0.2) is 89.2 Å². The third kappa shape index (κ3) is 43.0. The Bertz CT molecular complexity index is 1570. The van der Waals surface area contributed by atoms with E-state index in [0.717, 1.165) is 64.2 Å². The van der Waals surface area contributed by atoms with Crippen LogP contribution in [0.15, 0.2) is 60.8 Å². The van der Waals surface area contributed by atoms with E-state index in [4.69, 9.17) is 23.7 Å². The summed E-state index contributed by atoms with van der Waals surface area (Å²) >= 11 is 0. The highest BCUT2D eigenvalue weighted by Crippen LogP contribution is 2.26. The molecule has 0 aromatic rings. The van der Waals surface area contributed by atoms with Crippen molar-refractivity contribution in [2.75, 3.05) is 13.2 Å². The number of unbranched alkanes of at least 4 members (excludes halogenated alkanes) is 30. The van der Waals surface area contributed by atoms with Crippen LogP contribution in [0.1, 0.15) is 278 Å². The minimum absolute atomic E-state index is 0.157. The largest absolute Gasteiger partial charge is 0.479 e. The van der Waals surface area contributed by atoms with Gasteiger partial charge in [-0.05, 0) is 44.9 Å². The van der Waals surface area contributed by atoms with Gasteiger partial charge in [0.05, 0.1) is 13.0 Å². The molecule has 6 atom stereocenters. The summed E-state index contributed by atoms with van der Waals surface area (Å²) in [5.41, 5.74) is 0. The molecule has 444 valence electrons. The molecule has 0 spiro atoms. The molecule has 6 unspecified atom stereocenters. The third-order valence-corrected chi connectivity index (χ3v) is 14.1. The number of hydrogen-bond donors (Lipinski definition) is 3. The zero-order valence-corrected chi connectivity index (χ0v) is 49.0. The molecule has 1 aliphatic heterocycles. The molecular formula is C65H112O12. The van der Waals surface area contributed by atoms with E-state index in [1.165, 1.54) is 154 Å². The maximum Gasteiger partial charge on any atom is 0.335 e. The smallest absolute Gasteiger partial charge is 0.335 e. The Labute approximate surface area is 468 Å². The second-order valence-corrected chi connectivity index (χ2v) is 21.3. The normalized spacial score (nSPS) is 18.4. The van der Waals surface area contributed by atoms with E-state index in [1.54, 1.807) is 12.2 Å². The highest BCUT2D eigenvalue weighted by atomic mass is 16.7. The number of rotatable bonds is 53. The molecule has 1 rings (SSSR count). The Balaban J connectivity index is 2.70. The summed E-state index contributed by atoms with van der Waals surface area (Å²) in [5, 5.41) is 31.5. The van der Waals surface area contributed by atoms with Gasteiger partial charge in [-0.2, -0.15) is 0 Å². The summed E-state index contributed by atoms with van der Waals surface area (Å²) in [6, 6.07) is 0. The number of aliphatic hydroxyl groups excluding tert-OH is 2. The van der Waals surface area contributed by atoms with Crippen LogP contribution < -0.4 is 0 Å². The highest BCUT2D eigenvalue weighted by Gasteiger charge is 2.50. The maximum atomic E-state index is 13.2. The number of carboxylic acids is 1. The van der Waals surface area contributed by atoms with Crippen molar-refractivity contribution >= 4 is 23.9 Å². The first kappa shape index (κ1) is 71.4. The summed E-state index contributed by atoms with van der Waals surface area (Å²) < 4.78 is 28.4. The van der Waals surface area contributed by atoms with Gasteiger partial charge in [0, 0.05) is 12.8 Å². The second kappa shape index (κ2) is 53.1. The van der Waals surface area contributed by atoms with Crippen molar-refractivity contribution in [2.45, 2.75) is 314 Å². The number of esters is 3. The number of allylic oxidation sites excluding steroid dienone is 9. The van der Waals surface area contributed by atoms with Crippen LogP contribution in [0.4, 0.5) is 0 Å². The lowest BCUT2D eigenvalue weighted by atomic mass is 9.98. The van der Waals surface area contributed by atoms with Crippen LogP contribution >= 0.6 is 0 Å². The molecule has 1 saturated heterocycles. The van der Waals surface area contributed by atoms with E-state index in [1.807, 2.05) is 12.2 Å². The fraction of sp³-hybridized carbons (Fsp3) is 0.785. The summed E-state index contributed by atoms with van der Waals surface area (Å²) in [5.74, 6) is -3.26. The quantitative estimate of drug-likeness (QED) is 0.0228. The first-order valence-electron chi connectivity index (χ1n) is 31.3. The van der Waals surface area contributed by atoms with Crippen LogP contribution in [0, 0.1) is 0 Å². The van der Waals surface area contributed by atoms with Gasteiger partial charge in [-0.25, -0.2) is 4.79 Å². The van der Waals surface area contributed by atoms with Gasteiger partial charge in [0.1, 0.15) is 18.8 Å². The van der Waals surface area contributed by atoms with Gasteiger partial charge in [0.25, 0.3) is 0 Å². The number of carboxylic acid groups (broad SMARTS) is 1. The zero-order valence-electron chi connectivity index (χ0n) is 49.0. The second-order valence-electron chi connectivity index (χ2n) is 21.3. The molecule has 3 N–H and O–H groups in total. The Morgan fingerprint density at radius 1 is 0.442 bits per heavy atom. The van der Waals surface area contributed by atoms with Crippen LogP contribution in [0.25, 0.3) is 0 Å². The van der Waals surface area contributed by atoms with E-state index < -0.39 is 67.3 Å². The number of aliphatic hydroxyl groups is 2. The first-order valence-corrected chi connectivity index (χ1v) is 31.3. The van der Waals surface area contributed by atoms with Crippen LogP contribution in [0.5, 0.6) is 0 Å². The lowest BCUT2D eigenvalue weighted by molar-refractivity contribution is -0.301. The monoisotopic (exact) mass is 1080 g/mol. The van der Waals surface area contributed by atoms with Crippen molar-refractivity contribution < 1.29 is 58.2 Å². The predicted molar refractivity (Wildman–Crippen MR) is 312 cm³/mol. The first-order chi connectivity index (χ1) is 37.6. The topological polar surface area (TPSA) is 175 Å². The molecule has 12 heteroatoms. The summed E-state index contributed by atoms with van der Waals surface area (Å²) in [6.07, 6.45) is 53.6. The van der Waals surface area contributed by atoms with Gasteiger partial charge in [0.2, 0.25) is 0 Å². The average molecular weight is 1090 g/mol. The van der Waals surface area contributed by atoms with Gasteiger partial charge in [0.15, 0.2) is 24.6 Å². The molecule has 12 nitrogen and oxygen atoms in total. The number of carbonyl (C=O) groups excluding carboxylic acids is 3. The lowest BCUT2D eigenvalue weighted by Crippen LogP contribution is -2.61. The van der Waals surface area contributed by atoms with Crippen LogP contribution in [0.2, 0.25) is 0 Å². The molecule has 0 radical (unpaired) electrons. The molecule has 1 heterocycles. The highest BCUT2D eigenvalue weighted by molar-refractivity contribution is 5.74. The van der Waals surface area contributed by atoms with Crippen LogP contribution in [-0.2, 0) is 42.9 Å². The third-order valence-electron chi connectivity index (χ3n) is 14.1. The predicted octanol–water partition coefficient (Wildman–Crippen LogP) is 16.3. The Morgan fingerprint density at radius 3 is 1.19 bits per heavy atom. The van der Waals surface area contributed by atoms with E-state index in [-0.39, 0.29) is 25.9 Å². The zero-order chi connectivity index (χ0) is 56.1. The summed E-state index contributed by atoms with van der Waals surface area (Å²) in [4.78, 5) is 51.1. The Hall–Kier alpha value is -3.58. The molecule has 0 bridgehead atoms. The average Bonchev–Trinajstić information content (AvgIpc) is 3.43. The van der Waals surface area contributed by atoms with Crippen molar-refractivity contribution in [3.05, 3.63) is 60.8 Å². The fourth-order valence-corrected chi connectivity index (χ4v) is 9.39. The molecule has 77 heavy (non-hydrogen) atoms. The Kier molecular flexibility index (Phi) is 49.2. The van der Waals surface area contributed by atoms with Crippen molar-refractivity contribution in [1.29, 1.82) is 0 Å². The number of ether oxygens (including phenoxy) is 5. The number of hydrogen-bond acceptors (Lipinski definition) is 11. The van der Waals surface area contributed by atoms with Gasteiger partial charge >= 0.3 is 23.9 Å². The van der Waals surface area contributed by atoms with E-state index in [9.17, 15) is 34.5 Å². The van der Waals surface area contributed by atoms with Crippen LogP contribution in [0.3, 0.4) is 0 Å². The molecule has 1 aliphatic rings. The van der Waals surface area contributed by atoms with E-state index >= 15 is 0 Å². The van der Waals surface area contributed by atoms with Gasteiger partial charge in [-0.15, -0.1) is 0 Å². The standard InChI is InChI=1S/C65H112O12/c1-4-7-10-13-16-19-22-25-28-29-32-33-36-39-42-45-48-51-57(66)73-54-56(75-58(67)52-49-46-43-40-37-34-30-26-23-20-17-14-11-8-5-2)55-74-65-63(61(70)60(69)62(77-65)64(71)72)76-59(68)53-50-47-44-41-38-35-31-27-24-21-18-15-12-9-6-3/h9,12,18,21,27,31,38,41,47,50,56,60-63,65,69-70H,4-8,10-11,13-17,19-20,22-26,28-30,32-37,39-40,42-46,48-49,51-55H2,1-3H3,(H,71,72)/b12-9-,21-18-,31-27-,41-38-,50-47-. The van der Waals surface area contributed by atoms with E-state index in [0.29, 0.717) is 19.3 Å². The van der Waals surface area contributed by atoms with Gasteiger partial charge in [-0.1, -0.05) is 274 Å². The Morgan fingerprint density at radius 2 is 0.805 bits per heavy atom. The molecular weight excluding hydrogens is 973 g/mol. The lowest BCUT2D eigenvalue weighted by Gasteiger charge is -2.40. The summed E-state index contributed by atoms with van der Waals surface area (Å²) in [7, 11) is 0. The molecule has 0 aromatic heterocycles. The molecule has 1 fully saturated rings. The van der Waals surface area contributed by atoms with Crippen molar-refractivity contribution in [3.8, 4) is 0 Å². The van der Waals surface area contributed by atoms with Gasteiger partial charge in [-0.3, -0.25) is 14.4 Å². The van der Waals surface area contributed by atoms with Crippen molar-refractivity contribution in [1.82, 2.24) is 0 Å².